The van der Waals surface area contributed by atoms with Gasteiger partial charge in [0, 0.05) is 5.70 Å². The normalized spacial score (nSPS) is 16.5. The first-order valence-electron chi connectivity index (χ1n) is 9.25. The fourth-order valence-corrected chi connectivity index (χ4v) is 4.50. The fourth-order valence-electron chi connectivity index (χ4n) is 3.15. The van der Waals surface area contributed by atoms with Crippen LogP contribution in [-0.2, 0) is 19.4 Å². The van der Waals surface area contributed by atoms with Gasteiger partial charge in [-0.15, -0.1) is 0 Å². The Labute approximate surface area is 174 Å². The minimum Gasteiger partial charge on any atom is -0.497 e. The van der Waals surface area contributed by atoms with Crippen LogP contribution in [0.2, 0.25) is 0 Å². The van der Waals surface area contributed by atoms with Gasteiger partial charge in [-0.25, -0.2) is 18.0 Å². The fraction of sp³-hybridized carbons (Fsp3) is 0.238. The smallest absolute Gasteiger partial charge is 0.338 e. The quantitative estimate of drug-likeness (QED) is 0.653. The predicted molar refractivity (Wildman–Crippen MR) is 110 cm³/mol. The highest BCUT2D eigenvalue weighted by Gasteiger charge is 2.35. The molecule has 8 nitrogen and oxygen atoms in total. The lowest BCUT2D eigenvalue weighted by Gasteiger charge is -2.29. The number of nitrogens with one attached hydrogen (secondary N) is 2. The summed E-state index contributed by atoms with van der Waals surface area (Å²) in [6.45, 7) is 1.74. The predicted octanol–water partition coefficient (Wildman–Crippen LogP) is 2.34. The molecule has 1 heterocycles. The number of amides is 2. The third-order valence-electron chi connectivity index (χ3n) is 4.51. The van der Waals surface area contributed by atoms with Crippen molar-refractivity contribution >= 4 is 21.8 Å². The molecule has 3 rings (SSSR count). The van der Waals surface area contributed by atoms with Gasteiger partial charge < -0.3 is 20.1 Å². The Balaban J connectivity index is 2.11. The molecule has 2 N–H and O–H groups in total. The molecule has 0 spiro atoms. The van der Waals surface area contributed by atoms with Crippen LogP contribution in [0.25, 0.3) is 0 Å². The summed E-state index contributed by atoms with van der Waals surface area (Å²) >= 11 is 0. The van der Waals surface area contributed by atoms with E-state index >= 15 is 0 Å². The summed E-state index contributed by atoms with van der Waals surface area (Å²) in [7, 11) is -2.32. The van der Waals surface area contributed by atoms with Crippen LogP contribution in [0.4, 0.5) is 4.79 Å². The van der Waals surface area contributed by atoms with E-state index in [-0.39, 0.29) is 22.8 Å². The molecule has 1 aliphatic rings. The van der Waals surface area contributed by atoms with Crippen LogP contribution < -0.4 is 15.4 Å². The van der Waals surface area contributed by atoms with Gasteiger partial charge in [0.15, 0.2) is 9.84 Å². The zero-order chi connectivity index (χ0) is 21.7. The Bertz CT molecular complexity index is 1080. The summed E-state index contributed by atoms with van der Waals surface area (Å²) in [5.74, 6) is -0.739. The molecule has 158 valence electrons. The molecule has 1 aliphatic heterocycles. The molecule has 0 unspecified atom stereocenters. The number of sulfone groups is 1. The Morgan fingerprint density at radius 2 is 1.83 bits per heavy atom. The summed E-state index contributed by atoms with van der Waals surface area (Å²) in [5, 5.41) is 5.15. The van der Waals surface area contributed by atoms with Crippen molar-refractivity contribution < 1.29 is 27.5 Å². The maximum atomic E-state index is 12.9. The Kier molecular flexibility index (Phi) is 6.41. The molecule has 2 aromatic rings. The van der Waals surface area contributed by atoms with Crippen molar-refractivity contribution in [3.8, 4) is 5.75 Å². The molecule has 0 aliphatic carbocycles. The van der Waals surface area contributed by atoms with E-state index in [1.807, 2.05) is 0 Å². The van der Waals surface area contributed by atoms with E-state index in [9.17, 15) is 18.0 Å². The number of rotatable bonds is 7. The molecule has 2 aromatic carbocycles. The van der Waals surface area contributed by atoms with E-state index in [0.717, 1.165) is 0 Å². The van der Waals surface area contributed by atoms with Crippen LogP contribution in [0.1, 0.15) is 18.5 Å². The molecule has 0 fully saturated rings. The van der Waals surface area contributed by atoms with Crippen LogP contribution in [0.5, 0.6) is 5.75 Å². The summed E-state index contributed by atoms with van der Waals surface area (Å²) < 4.78 is 36.2. The van der Waals surface area contributed by atoms with Crippen molar-refractivity contribution in [1.29, 1.82) is 0 Å². The molecular formula is C21H22N2O6S. The molecule has 30 heavy (non-hydrogen) atoms. The van der Waals surface area contributed by atoms with E-state index < -0.39 is 33.6 Å². The largest absolute Gasteiger partial charge is 0.497 e. The molecule has 0 bridgehead atoms. The van der Waals surface area contributed by atoms with E-state index in [2.05, 4.69) is 10.6 Å². The van der Waals surface area contributed by atoms with E-state index in [1.54, 1.807) is 49.4 Å². The monoisotopic (exact) mass is 430 g/mol. The summed E-state index contributed by atoms with van der Waals surface area (Å²) in [5.41, 5.74) is 0.569. The summed E-state index contributed by atoms with van der Waals surface area (Å²) in [4.78, 5) is 25.2. The number of urea groups is 1. The van der Waals surface area contributed by atoms with Gasteiger partial charge >= 0.3 is 12.0 Å². The van der Waals surface area contributed by atoms with Gasteiger partial charge in [-0.2, -0.15) is 0 Å². The van der Waals surface area contributed by atoms with E-state index in [0.29, 0.717) is 11.3 Å². The first kappa shape index (κ1) is 21.4. The molecule has 2 amide bonds. The maximum absolute atomic E-state index is 12.9. The maximum Gasteiger partial charge on any atom is 0.338 e. The lowest BCUT2D eigenvalue weighted by atomic mass is 9.95. The zero-order valence-corrected chi connectivity index (χ0v) is 17.4. The van der Waals surface area contributed by atoms with Gasteiger partial charge in [0.1, 0.15) is 5.75 Å². The van der Waals surface area contributed by atoms with Crippen LogP contribution in [0.3, 0.4) is 0 Å². The number of methoxy groups -OCH3 is 1. The highest BCUT2D eigenvalue weighted by Crippen LogP contribution is 2.31. The second kappa shape index (κ2) is 9.00. The van der Waals surface area contributed by atoms with Crippen molar-refractivity contribution in [1.82, 2.24) is 10.6 Å². The molecule has 9 heteroatoms. The van der Waals surface area contributed by atoms with Crippen LogP contribution in [0, 0.1) is 0 Å². The highest BCUT2D eigenvalue weighted by molar-refractivity contribution is 7.91. The number of hydrogen-bond donors (Lipinski definition) is 2. The van der Waals surface area contributed by atoms with E-state index in [1.165, 1.54) is 19.2 Å². The first-order valence-corrected chi connectivity index (χ1v) is 10.9. The second-order valence-corrected chi connectivity index (χ2v) is 8.48. The van der Waals surface area contributed by atoms with Crippen molar-refractivity contribution in [2.24, 2.45) is 0 Å². The van der Waals surface area contributed by atoms with Gasteiger partial charge in [-0.1, -0.05) is 30.3 Å². The number of hydrogen-bond acceptors (Lipinski definition) is 6. The van der Waals surface area contributed by atoms with Crippen molar-refractivity contribution in [3.63, 3.8) is 0 Å². The van der Waals surface area contributed by atoms with Crippen LogP contribution >= 0.6 is 0 Å². The van der Waals surface area contributed by atoms with Crippen molar-refractivity contribution in [3.05, 3.63) is 71.4 Å². The van der Waals surface area contributed by atoms with Crippen LogP contribution in [-0.4, -0.2) is 39.9 Å². The lowest BCUT2D eigenvalue weighted by molar-refractivity contribution is -0.139. The molecule has 0 saturated carbocycles. The van der Waals surface area contributed by atoms with Gasteiger partial charge in [-0.3, -0.25) is 0 Å². The third kappa shape index (κ3) is 4.62. The minimum atomic E-state index is -3.82. The van der Waals surface area contributed by atoms with Crippen LogP contribution in [0.15, 0.2) is 70.8 Å². The zero-order valence-electron chi connectivity index (χ0n) is 16.5. The average Bonchev–Trinajstić information content (AvgIpc) is 2.74. The first-order chi connectivity index (χ1) is 14.4. The minimum absolute atomic E-state index is 0.0196. The van der Waals surface area contributed by atoms with Gasteiger partial charge in [-0.05, 0) is 36.8 Å². The second-order valence-electron chi connectivity index (χ2n) is 6.49. The van der Waals surface area contributed by atoms with Gasteiger partial charge in [0.2, 0.25) is 0 Å². The lowest BCUT2D eigenvalue weighted by Crippen LogP contribution is -2.47. The molecule has 0 aromatic heterocycles. The number of ether oxygens (including phenoxy) is 2. The molecule has 0 saturated heterocycles. The number of carbonyl (C=O) groups is 2. The topological polar surface area (TPSA) is 111 Å². The summed E-state index contributed by atoms with van der Waals surface area (Å²) in [6, 6.07) is 13.1. The number of carbonyl (C=O) groups excluding carboxylic acids is 2. The number of benzene rings is 2. The SMILES string of the molecule is CCOC(=O)C1=C(CS(=O)(=O)c2ccccc2)NC(=O)N[C@@H]1c1cccc(OC)c1. The van der Waals surface area contributed by atoms with Gasteiger partial charge in [0.05, 0.1) is 36.0 Å². The Morgan fingerprint density at radius 3 is 2.50 bits per heavy atom. The average molecular weight is 430 g/mol. The van der Waals surface area contributed by atoms with E-state index in [4.69, 9.17) is 9.47 Å². The standard InChI is InChI=1S/C21H22N2O6S/c1-3-29-20(24)18-17(13-30(26,27)16-10-5-4-6-11-16)22-21(25)23-19(18)14-8-7-9-15(12-14)28-2/h4-12,19H,3,13H2,1-2H3,(H2,22,23,25)/t19-/m1/s1. The van der Waals surface area contributed by atoms with Crippen molar-refractivity contribution in [2.45, 2.75) is 17.9 Å². The molecule has 0 radical (unpaired) electrons. The van der Waals surface area contributed by atoms with Crippen molar-refractivity contribution in [2.75, 3.05) is 19.5 Å². The third-order valence-corrected chi connectivity index (χ3v) is 6.17. The Hall–Kier alpha value is -3.33. The molecule has 1 atom stereocenters. The number of esters is 1. The summed E-state index contributed by atoms with van der Waals surface area (Å²) in [6.07, 6.45) is 0. The van der Waals surface area contributed by atoms with Gasteiger partial charge in [0.25, 0.3) is 0 Å². The highest BCUT2D eigenvalue weighted by atomic mass is 32.2. The molecular weight excluding hydrogens is 408 g/mol. The Morgan fingerprint density at radius 1 is 1.10 bits per heavy atom.